The maximum absolute atomic E-state index is 13.0. The Hall–Kier alpha value is -2.57. The Morgan fingerprint density at radius 3 is 3.00 bits per heavy atom. The summed E-state index contributed by atoms with van der Waals surface area (Å²) in [5.74, 6) is 2.82. The van der Waals surface area contributed by atoms with Crippen LogP contribution in [0.5, 0.6) is 11.5 Å². The summed E-state index contributed by atoms with van der Waals surface area (Å²) in [6, 6.07) is 5.26. The first-order chi connectivity index (χ1) is 11.8. The molecular formula is C17H17N3O4. The second kappa shape index (κ2) is 5.22. The number of para-hydroxylation sites is 1. The molecule has 124 valence electrons. The minimum absolute atomic E-state index is 0.0716. The lowest BCUT2D eigenvalue weighted by atomic mass is 10.1. The lowest BCUT2D eigenvalue weighted by molar-refractivity contribution is 0.0723. The van der Waals surface area contributed by atoms with E-state index in [0.29, 0.717) is 41.2 Å². The summed E-state index contributed by atoms with van der Waals surface area (Å²) in [4.78, 5) is 19.4. The van der Waals surface area contributed by atoms with Gasteiger partial charge in [0.05, 0.1) is 11.6 Å². The quantitative estimate of drug-likeness (QED) is 0.862. The number of ether oxygens (including phenoxy) is 2. The van der Waals surface area contributed by atoms with Gasteiger partial charge in [-0.2, -0.15) is 4.98 Å². The summed E-state index contributed by atoms with van der Waals surface area (Å²) in [5, 5.41) is 4.12. The van der Waals surface area contributed by atoms with E-state index in [-0.39, 0.29) is 18.7 Å². The molecule has 5 rings (SSSR count). The van der Waals surface area contributed by atoms with E-state index in [1.54, 1.807) is 6.07 Å². The highest BCUT2D eigenvalue weighted by Crippen LogP contribution is 2.41. The molecule has 0 spiro atoms. The van der Waals surface area contributed by atoms with E-state index < -0.39 is 0 Å². The van der Waals surface area contributed by atoms with Crippen molar-refractivity contribution in [1.82, 2.24) is 15.0 Å². The largest absolute Gasteiger partial charge is 0.454 e. The molecule has 2 aromatic rings. The molecule has 2 fully saturated rings. The van der Waals surface area contributed by atoms with Crippen LogP contribution in [0.1, 0.15) is 59.7 Å². The Bertz CT molecular complexity index is 799. The van der Waals surface area contributed by atoms with Crippen LogP contribution in [0.3, 0.4) is 0 Å². The van der Waals surface area contributed by atoms with E-state index in [0.717, 1.165) is 25.7 Å². The monoisotopic (exact) mass is 327 g/mol. The van der Waals surface area contributed by atoms with Gasteiger partial charge >= 0.3 is 0 Å². The van der Waals surface area contributed by atoms with Crippen molar-refractivity contribution in [3.8, 4) is 11.5 Å². The van der Waals surface area contributed by atoms with Crippen LogP contribution in [0.2, 0.25) is 0 Å². The van der Waals surface area contributed by atoms with Gasteiger partial charge in [-0.25, -0.2) is 0 Å². The third-order valence-electron chi connectivity index (χ3n) is 4.82. The molecule has 7 nitrogen and oxygen atoms in total. The van der Waals surface area contributed by atoms with Gasteiger partial charge in [0.25, 0.3) is 5.91 Å². The summed E-state index contributed by atoms with van der Waals surface area (Å²) in [6.45, 7) is 0.833. The van der Waals surface area contributed by atoms with Gasteiger partial charge in [0.1, 0.15) is 0 Å². The minimum Gasteiger partial charge on any atom is -0.454 e. The van der Waals surface area contributed by atoms with Gasteiger partial charge in [-0.05, 0) is 37.8 Å². The smallest absolute Gasteiger partial charge is 0.258 e. The molecule has 0 N–H and O–H groups in total. The standard InChI is InChI=1S/C17H17N3O4/c21-17(11-3-1-5-13-14(11)23-9-22-13)20-8-2-4-12(20)15-18-16(24-19-15)10-6-7-10/h1,3,5,10,12H,2,4,6-9H2/t12-/m0/s1. The number of aromatic nitrogens is 2. The molecule has 3 heterocycles. The molecule has 1 amide bonds. The Labute approximate surface area is 138 Å². The number of carbonyl (C=O) groups excluding carboxylic acids is 1. The second-order valence-corrected chi connectivity index (χ2v) is 6.46. The summed E-state index contributed by atoms with van der Waals surface area (Å²) < 4.78 is 16.2. The van der Waals surface area contributed by atoms with Crippen molar-refractivity contribution in [2.24, 2.45) is 0 Å². The zero-order chi connectivity index (χ0) is 16.1. The molecule has 2 aliphatic heterocycles. The van der Waals surface area contributed by atoms with Crippen molar-refractivity contribution < 1.29 is 18.8 Å². The number of amides is 1. The normalized spacial score (nSPS) is 22.2. The van der Waals surface area contributed by atoms with Gasteiger partial charge in [-0.15, -0.1) is 0 Å². The number of hydrogen-bond donors (Lipinski definition) is 0. The lowest BCUT2D eigenvalue weighted by Crippen LogP contribution is -2.31. The average molecular weight is 327 g/mol. The molecule has 1 saturated heterocycles. The van der Waals surface area contributed by atoms with Gasteiger partial charge in [-0.1, -0.05) is 11.2 Å². The zero-order valence-corrected chi connectivity index (χ0v) is 13.1. The van der Waals surface area contributed by atoms with Crippen LogP contribution in [0.4, 0.5) is 0 Å². The molecule has 0 radical (unpaired) electrons. The second-order valence-electron chi connectivity index (χ2n) is 6.46. The predicted molar refractivity (Wildman–Crippen MR) is 81.8 cm³/mol. The fourth-order valence-electron chi connectivity index (χ4n) is 3.41. The van der Waals surface area contributed by atoms with Crippen LogP contribution in [-0.2, 0) is 0 Å². The van der Waals surface area contributed by atoms with Crippen LogP contribution >= 0.6 is 0 Å². The molecule has 0 bridgehead atoms. The Morgan fingerprint density at radius 1 is 1.21 bits per heavy atom. The number of fused-ring (bicyclic) bond motifs is 1. The van der Waals surface area contributed by atoms with Gasteiger partial charge in [0.15, 0.2) is 17.3 Å². The number of rotatable bonds is 3. The topological polar surface area (TPSA) is 77.7 Å². The summed E-state index contributed by atoms with van der Waals surface area (Å²) in [5.41, 5.74) is 0.530. The number of benzene rings is 1. The molecule has 1 saturated carbocycles. The predicted octanol–water partition coefficient (Wildman–Crippen LogP) is 2.65. The van der Waals surface area contributed by atoms with Gasteiger partial charge < -0.3 is 18.9 Å². The van der Waals surface area contributed by atoms with E-state index in [1.807, 2.05) is 17.0 Å². The van der Waals surface area contributed by atoms with Crippen molar-refractivity contribution in [3.63, 3.8) is 0 Å². The van der Waals surface area contributed by atoms with Crippen molar-refractivity contribution in [2.75, 3.05) is 13.3 Å². The molecule has 0 unspecified atom stereocenters. The Morgan fingerprint density at radius 2 is 2.12 bits per heavy atom. The first-order valence-corrected chi connectivity index (χ1v) is 8.34. The summed E-state index contributed by atoms with van der Waals surface area (Å²) in [7, 11) is 0. The van der Waals surface area contributed by atoms with Crippen molar-refractivity contribution in [2.45, 2.75) is 37.6 Å². The van der Waals surface area contributed by atoms with Crippen molar-refractivity contribution >= 4 is 5.91 Å². The van der Waals surface area contributed by atoms with Crippen LogP contribution < -0.4 is 9.47 Å². The lowest BCUT2D eigenvalue weighted by Gasteiger charge is -2.22. The van der Waals surface area contributed by atoms with Crippen molar-refractivity contribution in [1.29, 1.82) is 0 Å². The summed E-state index contributed by atoms with van der Waals surface area (Å²) >= 11 is 0. The van der Waals surface area contributed by atoms with Crippen LogP contribution in [0.25, 0.3) is 0 Å². The minimum atomic E-state index is -0.132. The molecule has 1 aromatic carbocycles. The first kappa shape index (κ1) is 13.8. The molecule has 1 aromatic heterocycles. The van der Waals surface area contributed by atoms with E-state index in [9.17, 15) is 4.79 Å². The number of carbonyl (C=O) groups is 1. The Kier molecular flexibility index (Phi) is 3.01. The zero-order valence-electron chi connectivity index (χ0n) is 13.1. The van der Waals surface area contributed by atoms with Gasteiger partial charge in [0.2, 0.25) is 12.7 Å². The van der Waals surface area contributed by atoms with E-state index in [4.69, 9.17) is 14.0 Å². The molecule has 3 aliphatic rings. The number of likely N-dealkylation sites (tertiary alicyclic amines) is 1. The van der Waals surface area contributed by atoms with Crippen LogP contribution in [0, 0.1) is 0 Å². The average Bonchev–Trinajstić information content (AvgIpc) is 3.06. The molecule has 1 atom stereocenters. The third kappa shape index (κ3) is 2.15. The number of nitrogens with zero attached hydrogens (tertiary/aromatic N) is 3. The highest BCUT2D eigenvalue weighted by atomic mass is 16.7. The summed E-state index contributed by atoms with van der Waals surface area (Å²) in [6.07, 6.45) is 4.00. The van der Waals surface area contributed by atoms with Crippen LogP contribution in [-0.4, -0.2) is 34.3 Å². The molecule has 1 aliphatic carbocycles. The highest BCUT2D eigenvalue weighted by molar-refractivity contribution is 5.98. The van der Waals surface area contributed by atoms with E-state index in [1.165, 1.54) is 0 Å². The van der Waals surface area contributed by atoms with Crippen molar-refractivity contribution in [3.05, 3.63) is 35.5 Å². The molecule has 7 heteroatoms. The van der Waals surface area contributed by atoms with Gasteiger partial charge in [0, 0.05) is 12.5 Å². The fourth-order valence-corrected chi connectivity index (χ4v) is 3.41. The van der Waals surface area contributed by atoms with Gasteiger partial charge in [-0.3, -0.25) is 4.79 Å². The van der Waals surface area contributed by atoms with E-state index in [2.05, 4.69) is 10.1 Å². The third-order valence-corrected chi connectivity index (χ3v) is 4.82. The molecular weight excluding hydrogens is 310 g/mol. The first-order valence-electron chi connectivity index (χ1n) is 8.34. The maximum Gasteiger partial charge on any atom is 0.258 e. The fraction of sp³-hybridized carbons (Fsp3) is 0.471. The molecule has 24 heavy (non-hydrogen) atoms. The highest BCUT2D eigenvalue weighted by Gasteiger charge is 2.37. The van der Waals surface area contributed by atoms with E-state index >= 15 is 0 Å². The van der Waals surface area contributed by atoms with Crippen LogP contribution in [0.15, 0.2) is 22.7 Å². The SMILES string of the molecule is O=C(c1cccc2c1OCO2)N1CCC[C@H]1c1noc(C2CC2)n1. The maximum atomic E-state index is 13.0. The number of hydrogen-bond acceptors (Lipinski definition) is 6. The Balaban J connectivity index is 1.44.